The number of rotatable bonds is 6. The minimum Gasteiger partial charge on any atom is -0.355 e. The number of amides is 1. The van der Waals surface area contributed by atoms with Crippen LogP contribution in [0, 0.1) is 11.8 Å². The van der Waals surface area contributed by atoms with Crippen LogP contribution >= 0.6 is 11.3 Å². The monoisotopic (exact) mass is 427 g/mol. The molecule has 0 aromatic carbocycles. The molecular formula is C23H33N5OS. The Hall–Kier alpha value is -2.15. The maximum Gasteiger partial charge on any atom is 0.223 e. The van der Waals surface area contributed by atoms with E-state index in [1.807, 2.05) is 0 Å². The van der Waals surface area contributed by atoms with Crippen molar-refractivity contribution < 1.29 is 4.79 Å². The molecule has 2 aromatic rings. The molecular weight excluding hydrogens is 394 g/mol. The van der Waals surface area contributed by atoms with Crippen LogP contribution in [0.4, 0.5) is 11.6 Å². The van der Waals surface area contributed by atoms with Crippen LogP contribution in [0.1, 0.15) is 56.9 Å². The van der Waals surface area contributed by atoms with Crippen LogP contribution in [0.3, 0.4) is 0 Å². The Morgan fingerprint density at radius 3 is 2.17 bits per heavy atom. The smallest absolute Gasteiger partial charge is 0.223 e. The number of anilines is 2. The molecule has 162 valence electrons. The van der Waals surface area contributed by atoms with Gasteiger partial charge >= 0.3 is 0 Å². The van der Waals surface area contributed by atoms with Crippen LogP contribution in [0.2, 0.25) is 0 Å². The van der Waals surface area contributed by atoms with Gasteiger partial charge in [-0.05, 0) is 61.6 Å². The van der Waals surface area contributed by atoms with Gasteiger partial charge in [0.2, 0.25) is 5.91 Å². The van der Waals surface area contributed by atoms with Crippen LogP contribution in [0.25, 0.3) is 0 Å². The lowest BCUT2D eigenvalue weighted by Crippen LogP contribution is -2.42. The Labute approximate surface area is 183 Å². The summed E-state index contributed by atoms with van der Waals surface area (Å²) in [6.07, 6.45) is 5.51. The van der Waals surface area contributed by atoms with E-state index in [0.717, 1.165) is 50.7 Å². The van der Waals surface area contributed by atoms with Gasteiger partial charge in [-0.1, -0.05) is 19.9 Å². The predicted octanol–water partition coefficient (Wildman–Crippen LogP) is 4.26. The average molecular weight is 428 g/mol. The summed E-state index contributed by atoms with van der Waals surface area (Å²) in [5.74, 6) is 2.55. The molecule has 0 radical (unpaired) electrons. The fourth-order valence-electron chi connectivity index (χ4n) is 4.45. The molecule has 0 saturated carbocycles. The Kier molecular flexibility index (Phi) is 6.87. The molecule has 1 atom stereocenters. The summed E-state index contributed by atoms with van der Waals surface area (Å²) in [6, 6.07) is 8.45. The first-order valence-electron chi connectivity index (χ1n) is 11.3. The highest BCUT2D eigenvalue weighted by atomic mass is 32.1. The van der Waals surface area contributed by atoms with Gasteiger partial charge in [0.05, 0.1) is 6.04 Å². The van der Waals surface area contributed by atoms with E-state index in [-0.39, 0.29) is 17.9 Å². The van der Waals surface area contributed by atoms with Gasteiger partial charge in [-0.15, -0.1) is 21.5 Å². The van der Waals surface area contributed by atoms with E-state index in [0.29, 0.717) is 5.92 Å². The van der Waals surface area contributed by atoms with Gasteiger partial charge in [0, 0.05) is 37.0 Å². The number of carbonyl (C=O) groups is 1. The van der Waals surface area contributed by atoms with E-state index in [1.165, 1.54) is 24.1 Å². The molecule has 2 saturated heterocycles. The number of nitrogens with one attached hydrogen (secondary N) is 1. The van der Waals surface area contributed by atoms with Gasteiger partial charge in [0.15, 0.2) is 11.6 Å². The first-order valence-corrected chi connectivity index (χ1v) is 12.2. The lowest BCUT2D eigenvalue weighted by molar-refractivity contribution is -0.126. The van der Waals surface area contributed by atoms with Crippen LogP contribution in [-0.4, -0.2) is 42.3 Å². The topological polar surface area (TPSA) is 61.4 Å². The highest BCUT2D eigenvalue weighted by Gasteiger charge is 2.29. The molecule has 0 bridgehead atoms. The normalized spacial score (nSPS) is 19.2. The second-order valence-electron chi connectivity index (χ2n) is 8.80. The van der Waals surface area contributed by atoms with E-state index in [9.17, 15) is 4.79 Å². The van der Waals surface area contributed by atoms with Crippen molar-refractivity contribution in [1.82, 2.24) is 15.5 Å². The van der Waals surface area contributed by atoms with Crippen LogP contribution in [0.15, 0.2) is 29.6 Å². The summed E-state index contributed by atoms with van der Waals surface area (Å²) < 4.78 is 0. The van der Waals surface area contributed by atoms with Gasteiger partial charge in [-0.2, -0.15) is 0 Å². The van der Waals surface area contributed by atoms with Crippen molar-refractivity contribution in [2.75, 3.05) is 36.0 Å². The Morgan fingerprint density at radius 2 is 1.63 bits per heavy atom. The van der Waals surface area contributed by atoms with Crippen molar-refractivity contribution in [2.24, 2.45) is 11.8 Å². The fourth-order valence-corrected chi connectivity index (χ4v) is 5.40. The first-order chi connectivity index (χ1) is 14.6. The molecule has 2 fully saturated rings. The SMILES string of the molecule is CC(C)C(NC(=O)C1CCN(c2ccc(N3CCCCC3)nn2)CC1)c1cccs1. The number of thiophene rings is 1. The van der Waals surface area contributed by atoms with E-state index < -0.39 is 0 Å². The molecule has 7 heteroatoms. The highest BCUT2D eigenvalue weighted by molar-refractivity contribution is 7.10. The summed E-state index contributed by atoms with van der Waals surface area (Å²) in [5, 5.41) is 14.3. The summed E-state index contributed by atoms with van der Waals surface area (Å²) >= 11 is 1.72. The molecule has 2 aromatic heterocycles. The van der Waals surface area contributed by atoms with Gasteiger partial charge < -0.3 is 15.1 Å². The summed E-state index contributed by atoms with van der Waals surface area (Å²) in [7, 11) is 0. The zero-order chi connectivity index (χ0) is 20.9. The van der Waals surface area contributed by atoms with Gasteiger partial charge in [0.25, 0.3) is 0 Å². The maximum absolute atomic E-state index is 12.9. The number of carbonyl (C=O) groups excluding carboxylic acids is 1. The molecule has 1 N–H and O–H groups in total. The standard InChI is InChI=1S/C23H33N5OS/c1-17(2)22(19-7-6-16-30-19)24-23(29)18-10-14-28(15-11-18)21-9-8-20(25-26-21)27-12-4-3-5-13-27/h6-9,16-18,22H,3-5,10-15H2,1-2H3,(H,24,29). The molecule has 6 nitrogen and oxygen atoms in total. The van der Waals surface area contributed by atoms with Crippen molar-refractivity contribution in [2.45, 2.75) is 52.0 Å². The third kappa shape index (κ3) is 4.94. The van der Waals surface area contributed by atoms with E-state index in [1.54, 1.807) is 11.3 Å². The molecule has 0 aliphatic carbocycles. The summed E-state index contributed by atoms with van der Waals surface area (Å²) in [6.45, 7) is 8.19. The molecule has 1 unspecified atom stereocenters. The van der Waals surface area contributed by atoms with E-state index in [2.05, 4.69) is 68.8 Å². The molecule has 2 aliphatic rings. The number of nitrogens with zero attached hydrogens (tertiary/aromatic N) is 4. The molecule has 30 heavy (non-hydrogen) atoms. The number of aromatic nitrogens is 2. The van der Waals surface area contributed by atoms with Crippen LogP contribution in [-0.2, 0) is 4.79 Å². The Morgan fingerprint density at radius 1 is 1.00 bits per heavy atom. The average Bonchev–Trinajstić information content (AvgIpc) is 3.32. The number of hydrogen-bond donors (Lipinski definition) is 1. The van der Waals surface area contributed by atoms with Crippen molar-refractivity contribution >= 4 is 28.9 Å². The largest absolute Gasteiger partial charge is 0.355 e. The van der Waals surface area contributed by atoms with Gasteiger partial charge in [0.1, 0.15) is 0 Å². The van der Waals surface area contributed by atoms with Crippen molar-refractivity contribution in [1.29, 1.82) is 0 Å². The second kappa shape index (κ2) is 9.77. The summed E-state index contributed by atoms with van der Waals surface area (Å²) in [5.41, 5.74) is 0. The predicted molar refractivity (Wildman–Crippen MR) is 123 cm³/mol. The van der Waals surface area contributed by atoms with Gasteiger partial charge in [-0.3, -0.25) is 4.79 Å². The van der Waals surface area contributed by atoms with Crippen molar-refractivity contribution in [3.63, 3.8) is 0 Å². The van der Waals surface area contributed by atoms with Gasteiger partial charge in [-0.25, -0.2) is 0 Å². The number of hydrogen-bond acceptors (Lipinski definition) is 6. The lowest BCUT2D eigenvalue weighted by atomic mass is 9.94. The van der Waals surface area contributed by atoms with Crippen molar-refractivity contribution in [3.8, 4) is 0 Å². The summed E-state index contributed by atoms with van der Waals surface area (Å²) in [4.78, 5) is 18.7. The molecule has 4 rings (SSSR count). The third-order valence-corrected chi connectivity index (χ3v) is 7.28. The Bertz CT molecular complexity index is 794. The Balaban J connectivity index is 1.30. The van der Waals surface area contributed by atoms with E-state index >= 15 is 0 Å². The molecule has 4 heterocycles. The maximum atomic E-state index is 12.9. The second-order valence-corrected chi connectivity index (χ2v) is 9.78. The number of piperidine rings is 2. The zero-order valence-corrected chi connectivity index (χ0v) is 18.9. The third-order valence-electron chi connectivity index (χ3n) is 6.32. The molecule has 2 aliphatic heterocycles. The highest BCUT2D eigenvalue weighted by Crippen LogP contribution is 2.28. The minimum atomic E-state index is 0.0723. The minimum absolute atomic E-state index is 0.0723. The first kappa shape index (κ1) is 21.1. The van der Waals surface area contributed by atoms with Crippen molar-refractivity contribution in [3.05, 3.63) is 34.5 Å². The quantitative estimate of drug-likeness (QED) is 0.746. The van der Waals surface area contributed by atoms with E-state index in [4.69, 9.17) is 0 Å². The van der Waals surface area contributed by atoms with Crippen LogP contribution in [0.5, 0.6) is 0 Å². The molecule has 1 amide bonds. The fraction of sp³-hybridized carbons (Fsp3) is 0.609. The zero-order valence-electron chi connectivity index (χ0n) is 18.1. The van der Waals surface area contributed by atoms with Crippen LogP contribution < -0.4 is 15.1 Å². The molecule has 0 spiro atoms. The lowest BCUT2D eigenvalue weighted by Gasteiger charge is -2.33.